The molecule has 0 aliphatic heterocycles. The first kappa shape index (κ1) is 39.6. The molecule has 0 radical (unpaired) electrons. The highest BCUT2D eigenvalue weighted by molar-refractivity contribution is 6.82. The molecule has 0 aromatic heterocycles. The summed E-state index contributed by atoms with van der Waals surface area (Å²) < 4.78 is 22.9. The average molecular weight is 701 g/mol. The fraction of sp³-hybridized carbons (Fsp3) is 0.415. The summed E-state index contributed by atoms with van der Waals surface area (Å²) in [6.07, 6.45) is 9.21. The van der Waals surface area contributed by atoms with Crippen LogP contribution in [0.5, 0.6) is 23.0 Å². The molecule has 0 bridgehead atoms. The molecule has 0 spiro atoms. The van der Waals surface area contributed by atoms with Crippen LogP contribution >= 0.6 is 0 Å². The van der Waals surface area contributed by atoms with Crippen LogP contribution in [0.15, 0.2) is 91.3 Å². The van der Waals surface area contributed by atoms with Crippen LogP contribution in [0.1, 0.15) is 77.6 Å². The van der Waals surface area contributed by atoms with Gasteiger partial charge < -0.3 is 18.9 Å². The van der Waals surface area contributed by atoms with Crippen molar-refractivity contribution in [2.75, 3.05) is 13.2 Å². The van der Waals surface area contributed by atoms with Crippen molar-refractivity contribution in [1.29, 1.82) is 0 Å². The molecule has 0 amide bonds. The number of ether oxygens (including phenoxy) is 4. The van der Waals surface area contributed by atoms with Gasteiger partial charge in [0.05, 0.1) is 40.5 Å². The van der Waals surface area contributed by atoms with Crippen LogP contribution in [-0.2, 0) is 0 Å². The third kappa shape index (κ3) is 14.6. The Hall–Kier alpha value is -3.89. The summed E-state index contributed by atoms with van der Waals surface area (Å²) in [7, 11) is -2.40. The van der Waals surface area contributed by atoms with Crippen LogP contribution in [-0.4, -0.2) is 41.3 Å². The van der Waals surface area contributed by atoms with Gasteiger partial charge in [0.2, 0.25) is 0 Å². The lowest BCUT2D eigenvalue weighted by Crippen LogP contribution is -2.21. The molecule has 49 heavy (non-hydrogen) atoms. The molecule has 0 saturated carbocycles. The van der Waals surface area contributed by atoms with E-state index in [-0.39, 0.29) is 0 Å². The van der Waals surface area contributed by atoms with Gasteiger partial charge in [-0.25, -0.2) is 9.59 Å². The standard InChI is InChI=1S/C41H56O6Si2/c1-8-48(4,5)30-16-12-10-14-28-44-36-22-18-34(19-23-36)40(42)46-38-26-27-39(33(3)32-38)47-41(43)35-20-24-37(25-21-35)45-29-15-11-13-17-31-49(6,7)9-2/h8-9,18-27,32H,1-2,10-17,28-31H2,3-7H3. The van der Waals surface area contributed by atoms with E-state index < -0.39 is 28.1 Å². The van der Waals surface area contributed by atoms with Gasteiger partial charge in [-0.1, -0.05) is 76.8 Å². The summed E-state index contributed by atoms with van der Waals surface area (Å²) in [5.41, 5.74) is 5.85. The molecule has 0 heterocycles. The molecule has 3 rings (SSSR count). The Morgan fingerprint density at radius 2 is 0.980 bits per heavy atom. The van der Waals surface area contributed by atoms with Crippen molar-refractivity contribution < 1.29 is 28.5 Å². The largest absolute Gasteiger partial charge is 0.494 e. The van der Waals surface area contributed by atoms with Crippen molar-refractivity contribution in [2.24, 2.45) is 0 Å². The maximum atomic E-state index is 12.8. The molecular weight excluding hydrogens is 645 g/mol. The van der Waals surface area contributed by atoms with E-state index >= 15 is 0 Å². The quantitative estimate of drug-likeness (QED) is 0.0450. The van der Waals surface area contributed by atoms with Crippen LogP contribution in [0, 0.1) is 6.92 Å². The number of hydrogen-bond donors (Lipinski definition) is 0. The molecule has 0 fully saturated rings. The monoisotopic (exact) mass is 700 g/mol. The predicted octanol–water partition coefficient (Wildman–Crippen LogP) is 11.2. The number of aryl methyl sites for hydroxylation is 1. The minimum atomic E-state index is -1.20. The zero-order chi connectivity index (χ0) is 35.7. The van der Waals surface area contributed by atoms with E-state index in [2.05, 4.69) is 50.7 Å². The first-order chi connectivity index (χ1) is 23.4. The maximum absolute atomic E-state index is 12.8. The fourth-order valence-electron chi connectivity index (χ4n) is 5.16. The molecule has 0 N–H and O–H groups in total. The molecule has 0 aliphatic rings. The van der Waals surface area contributed by atoms with Crippen LogP contribution in [0.3, 0.4) is 0 Å². The van der Waals surface area contributed by atoms with Gasteiger partial charge in [-0.2, -0.15) is 0 Å². The van der Waals surface area contributed by atoms with Gasteiger partial charge >= 0.3 is 11.9 Å². The van der Waals surface area contributed by atoms with Crippen molar-refractivity contribution in [3.05, 3.63) is 108 Å². The molecule has 8 heteroatoms. The highest BCUT2D eigenvalue weighted by Gasteiger charge is 2.16. The topological polar surface area (TPSA) is 71.1 Å². The molecule has 0 aliphatic carbocycles. The van der Waals surface area contributed by atoms with E-state index in [1.54, 1.807) is 73.7 Å². The first-order valence-electron chi connectivity index (χ1n) is 17.7. The third-order valence-corrected chi connectivity index (χ3v) is 14.3. The second-order valence-corrected chi connectivity index (χ2v) is 23.9. The molecule has 264 valence electrons. The Labute approximate surface area is 296 Å². The van der Waals surface area contributed by atoms with Gasteiger partial charge in [0.25, 0.3) is 0 Å². The molecular formula is C41H56O6Si2. The molecule has 0 unspecified atom stereocenters. The number of unbranched alkanes of at least 4 members (excludes halogenated alkanes) is 6. The number of hydrogen-bond acceptors (Lipinski definition) is 6. The fourth-order valence-corrected chi connectivity index (χ4v) is 7.89. The Kier molecular flexibility index (Phi) is 16.1. The van der Waals surface area contributed by atoms with Crippen molar-refractivity contribution in [2.45, 2.75) is 96.6 Å². The van der Waals surface area contributed by atoms with E-state index in [1.165, 1.54) is 37.8 Å². The summed E-state index contributed by atoms with van der Waals surface area (Å²) in [6.45, 7) is 20.5. The minimum Gasteiger partial charge on any atom is -0.494 e. The molecule has 0 atom stereocenters. The minimum absolute atomic E-state index is 0.366. The zero-order valence-corrected chi connectivity index (χ0v) is 32.4. The van der Waals surface area contributed by atoms with Gasteiger partial charge in [0, 0.05) is 0 Å². The van der Waals surface area contributed by atoms with Gasteiger partial charge in [0.1, 0.15) is 23.0 Å². The summed E-state index contributed by atoms with van der Waals surface area (Å²) >= 11 is 0. The number of esters is 2. The number of rotatable bonds is 22. The average Bonchev–Trinajstić information content (AvgIpc) is 3.09. The highest BCUT2D eigenvalue weighted by Crippen LogP contribution is 2.26. The van der Waals surface area contributed by atoms with Crippen LogP contribution in [0.2, 0.25) is 38.3 Å². The maximum Gasteiger partial charge on any atom is 0.343 e. The SMILES string of the molecule is C=C[Si](C)(C)CCCCCCOc1ccc(C(=O)Oc2ccc(OC(=O)c3ccc(OCCCCCC[Si](C)(C)C=C)cc3)c(C)c2)cc1. The van der Waals surface area contributed by atoms with Crippen molar-refractivity contribution in [3.8, 4) is 23.0 Å². The second-order valence-electron chi connectivity index (χ2n) is 14.2. The normalized spacial score (nSPS) is 11.4. The van der Waals surface area contributed by atoms with Gasteiger partial charge in [-0.15, -0.1) is 24.6 Å². The Morgan fingerprint density at radius 1 is 0.571 bits per heavy atom. The molecule has 3 aromatic rings. The highest BCUT2D eigenvalue weighted by atomic mass is 28.3. The second kappa shape index (κ2) is 19.9. The molecule has 0 saturated heterocycles. The van der Waals surface area contributed by atoms with Crippen molar-refractivity contribution >= 4 is 28.1 Å². The lowest BCUT2D eigenvalue weighted by molar-refractivity contribution is 0.0718. The summed E-state index contributed by atoms with van der Waals surface area (Å²) in [6, 6.07) is 21.5. The van der Waals surface area contributed by atoms with E-state index in [0.29, 0.717) is 41.4 Å². The van der Waals surface area contributed by atoms with Crippen LogP contribution < -0.4 is 18.9 Å². The van der Waals surface area contributed by atoms with Crippen molar-refractivity contribution in [1.82, 2.24) is 0 Å². The number of carbonyl (C=O) groups is 2. The van der Waals surface area contributed by atoms with Crippen molar-refractivity contribution in [3.63, 3.8) is 0 Å². The van der Waals surface area contributed by atoms with E-state index in [4.69, 9.17) is 18.9 Å². The Balaban J connectivity index is 1.37. The Morgan fingerprint density at radius 3 is 1.41 bits per heavy atom. The lowest BCUT2D eigenvalue weighted by atomic mass is 10.2. The van der Waals surface area contributed by atoms with E-state index in [1.807, 2.05) is 0 Å². The smallest absolute Gasteiger partial charge is 0.343 e. The number of carbonyl (C=O) groups excluding carboxylic acids is 2. The van der Waals surface area contributed by atoms with E-state index in [0.717, 1.165) is 37.2 Å². The summed E-state index contributed by atoms with van der Waals surface area (Å²) in [5.74, 6) is 1.28. The van der Waals surface area contributed by atoms with Gasteiger partial charge in [-0.3, -0.25) is 0 Å². The predicted molar refractivity (Wildman–Crippen MR) is 207 cm³/mol. The molecule has 6 nitrogen and oxygen atoms in total. The number of benzene rings is 3. The van der Waals surface area contributed by atoms with Crippen LogP contribution in [0.4, 0.5) is 0 Å². The third-order valence-electron chi connectivity index (χ3n) is 8.81. The molecule has 3 aromatic carbocycles. The first-order valence-corrected chi connectivity index (χ1v) is 24.3. The zero-order valence-electron chi connectivity index (χ0n) is 30.4. The summed E-state index contributed by atoms with van der Waals surface area (Å²) in [5, 5.41) is 0. The van der Waals surface area contributed by atoms with E-state index in [9.17, 15) is 9.59 Å². The summed E-state index contributed by atoms with van der Waals surface area (Å²) in [4.78, 5) is 25.6. The lowest BCUT2D eigenvalue weighted by Gasteiger charge is -2.16. The van der Waals surface area contributed by atoms with Gasteiger partial charge in [0.15, 0.2) is 0 Å². The Bertz CT molecular complexity index is 1500. The van der Waals surface area contributed by atoms with Crippen LogP contribution in [0.25, 0.3) is 0 Å². The van der Waals surface area contributed by atoms with Gasteiger partial charge in [-0.05, 0) is 92.1 Å².